The average Bonchev–Trinajstić information content (AvgIpc) is 3.03. The second-order valence-electron chi connectivity index (χ2n) is 6.04. The number of nitrogens with one attached hydrogen (secondary N) is 1. The summed E-state index contributed by atoms with van der Waals surface area (Å²) < 4.78 is 5.26. The summed E-state index contributed by atoms with van der Waals surface area (Å²) in [6, 6.07) is 13.4. The van der Waals surface area contributed by atoms with Gasteiger partial charge in [-0.25, -0.2) is 0 Å². The molecular weight excluding hydrogens is 350 g/mol. The molecule has 0 fully saturated rings. The molecule has 0 aliphatic heterocycles. The average molecular weight is 370 g/mol. The largest absolute Gasteiger partial charge is 0.370 e. The lowest BCUT2D eigenvalue weighted by atomic mass is 10.1. The highest BCUT2D eigenvalue weighted by Crippen LogP contribution is 2.18. The number of aryl methyl sites for hydroxylation is 2. The molecule has 3 aromatic rings. The third-order valence-electron chi connectivity index (χ3n) is 3.67. The summed E-state index contributed by atoms with van der Waals surface area (Å²) in [5.41, 5.74) is 10.0. The Morgan fingerprint density at radius 1 is 1.15 bits per heavy atom. The number of rotatable bonds is 5. The smallest absolute Gasteiger partial charge is 0.228 e. The zero-order valence-electron chi connectivity index (χ0n) is 14.7. The first-order chi connectivity index (χ1) is 12.5. The highest BCUT2D eigenvalue weighted by molar-refractivity contribution is 6.30. The number of hydrogen-bond acceptors (Lipinski definition) is 4. The Labute approximate surface area is 157 Å². The number of nitrogens with zero attached hydrogens (tertiary/aromatic N) is 3. The molecule has 0 saturated carbocycles. The molecule has 134 valence electrons. The third kappa shape index (κ3) is 4.83. The molecule has 0 saturated heterocycles. The van der Waals surface area contributed by atoms with E-state index in [1.54, 1.807) is 12.1 Å². The van der Waals surface area contributed by atoms with E-state index in [1.165, 1.54) is 11.1 Å². The van der Waals surface area contributed by atoms with Crippen LogP contribution in [0, 0.1) is 13.8 Å². The minimum Gasteiger partial charge on any atom is -0.370 e. The van der Waals surface area contributed by atoms with Gasteiger partial charge >= 0.3 is 0 Å². The van der Waals surface area contributed by atoms with Crippen LogP contribution in [-0.4, -0.2) is 22.6 Å². The fourth-order valence-electron chi connectivity index (χ4n) is 2.58. The molecule has 0 spiro atoms. The number of aromatic nitrogens is 2. The van der Waals surface area contributed by atoms with Gasteiger partial charge in [0.2, 0.25) is 11.7 Å². The van der Waals surface area contributed by atoms with Crippen molar-refractivity contribution >= 4 is 23.2 Å². The molecule has 0 aliphatic carbocycles. The highest BCUT2D eigenvalue weighted by Gasteiger charge is 2.08. The van der Waals surface area contributed by atoms with Gasteiger partial charge in [-0.2, -0.15) is 4.98 Å². The van der Waals surface area contributed by atoms with Gasteiger partial charge in [-0.05, 0) is 61.4 Å². The van der Waals surface area contributed by atoms with Crippen LogP contribution >= 0.6 is 11.6 Å². The van der Waals surface area contributed by atoms with Crippen molar-refractivity contribution in [1.29, 1.82) is 0 Å². The van der Waals surface area contributed by atoms with E-state index in [0.717, 1.165) is 11.3 Å². The Morgan fingerprint density at radius 3 is 2.54 bits per heavy atom. The minimum atomic E-state index is 0.354. The monoisotopic (exact) mass is 369 g/mol. The standard InChI is InChI=1S/C19H20ClN5O/c1-12-9-13(2)11-16(10-12)23-19(21)22-8-7-17-24-18(25-26-17)14-3-5-15(20)6-4-14/h3-6,9-11H,7-8H2,1-2H3,(H3,21,22,23). The molecule has 0 radical (unpaired) electrons. The molecule has 0 aliphatic rings. The second-order valence-corrected chi connectivity index (χ2v) is 6.47. The number of hydrogen-bond donors (Lipinski definition) is 2. The van der Waals surface area contributed by atoms with Crippen LogP contribution in [0.4, 0.5) is 5.69 Å². The van der Waals surface area contributed by atoms with Crippen LogP contribution < -0.4 is 11.1 Å². The number of halogens is 1. The molecule has 0 bridgehead atoms. The van der Waals surface area contributed by atoms with Gasteiger partial charge in [0.15, 0.2) is 5.96 Å². The summed E-state index contributed by atoms with van der Waals surface area (Å²) in [7, 11) is 0. The van der Waals surface area contributed by atoms with E-state index < -0.39 is 0 Å². The van der Waals surface area contributed by atoms with E-state index in [0.29, 0.717) is 35.7 Å². The maximum atomic E-state index is 5.94. The van der Waals surface area contributed by atoms with Crippen LogP contribution in [0.25, 0.3) is 11.4 Å². The van der Waals surface area contributed by atoms with Gasteiger partial charge in [-0.3, -0.25) is 4.99 Å². The van der Waals surface area contributed by atoms with Gasteiger partial charge in [0, 0.05) is 22.7 Å². The fourth-order valence-corrected chi connectivity index (χ4v) is 2.70. The highest BCUT2D eigenvalue weighted by atomic mass is 35.5. The molecule has 0 unspecified atom stereocenters. The Bertz CT molecular complexity index is 898. The Hall–Kier alpha value is -2.86. The van der Waals surface area contributed by atoms with Gasteiger partial charge < -0.3 is 15.6 Å². The molecule has 2 aromatic carbocycles. The summed E-state index contributed by atoms with van der Waals surface area (Å²) in [6.07, 6.45) is 0.510. The van der Waals surface area contributed by atoms with Crippen molar-refractivity contribution in [2.45, 2.75) is 20.3 Å². The molecule has 7 heteroatoms. The predicted molar refractivity (Wildman–Crippen MR) is 104 cm³/mol. The van der Waals surface area contributed by atoms with Crippen LogP contribution in [0.2, 0.25) is 5.02 Å². The maximum absolute atomic E-state index is 5.94. The van der Waals surface area contributed by atoms with Gasteiger partial charge in [-0.1, -0.05) is 22.8 Å². The molecule has 1 heterocycles. The summed E-state index contributed by atoms with van der Waals surface area (Å²) in [5, 5.41) is 7.74. The van der Waals surface area contributed by atoms with Crippen LogP contribution in [0.1, 0.15) is 17.0 Å². The number of guanidine groups is 1. The van der Waals surface area contributed by atoms with Crippen molar-refractivity contribution in [3.8, 4) is 11.4 Å². The van der Waals surface area contributed by atoms with E-state index in [9.17, 15) is 0 Å². The van der Waals surface area contributed by atoms with Gasteiger partial charge in [-0.15, -0.1) is 0 Å². The van der Waals surface area contributed by atoms with Gasteiger partial charge in [0.1, 0.15) is 0 Å². The van der Waals surface area contributed by atoms with Crippen molar-refractivity contribution in [3.63, 3.8) is 0 Å². The van der Waals surface area contributed by atoms with E-state index in [-0.39, 0.29) is 0 Å². The van der Waals surface area contributed by atoms with Crippen molar-refractivity contribution in [3.05, 3.63) is 64.5 Å². The van der Waals surface area contributed by atoms with Crippen LogP contribution in [0.15, 0.2) is 52.0 Å². The van der Waals surface area contributed by atoms with Crippen molar-refractivity contribution < 1.29 is 4.52 Å². The SMILES string of the molecule is Cc1cc(C)cc(NC(N)=NCCc2nc(-c3ccc(Cl)cc3)no2)c1. The molecule has 0 atom stereocenters. The number of aliphatic imine (C=N–C) groups is 1. The maximum Gasteiger partial charge on any atom is 0.228 e. The zero-order valence-corrected chi connectivity index (χ0v) is 15.4. The third-order valence-corrected chi connectivity index (χ3v) is 3.92. The van der Waals surface area contributed by atoms with E-state index in [1.807, 2.05) is 38.1 Å². The molecule has 0 amide bonds. The molecule has 1 aromatic heterocycles. The van der Waals surface area contributed by atoms with Crippen LogP contribution in [-0.2, 0) is 6.42 Å². The normalized spacial score (nSPS) is 11.6. The van der Waals surface area contributed by atoms with Crippen LogP contribution in [0.5, 0.6) is 0 Å². The number of anilines is 1. The summed E-state index contributed by atoms with van der Waals surface area (Å²) >= 11 is 5.88. The van der Waals surface area contributed by atoms with Crippen molar-refractivity contribution in [2.75, 3.05) is 11.9 Å². The van der Waals surface area contributed by atoms with E-state index in [2.05, 4.69) is 26.5 Å². The summed E-state index contributed by atoms with van der Waals surface area (Å²) in [6.45, 7) is 4.53. The molecule has 3 rings (SSSR count). The summed E-state index contributed by atoms with van der Waals surface area (Å²) in [4.78, 5) is 8.67. The van der Waals surface area contributed by atoms with Gasteiger partial charge in [0.25, 0.3) is 0 Å². The number of benzene rings is 2. The quantitative estimate of drug-likeness (QED) is 0.524. The molecular formula is C19H20ClN5O. The molecule has 6 nitrogen and oxygen atoms in total. The lowest BCUT2D eigenvalue weighted by Crippen LogP contribution is -2.23. The Kier molecular flexibility index (Phi) is 5.53. The molecule has 26 heavy (non-hydrogen) atoms. The predicted octanol–water partition coefficient (Wildman–Crippen LogP) is 3.98. The van der Waals surface area contributed by atoms with E-state index in [4.69, 9.17) is 21.9 Å². The van der Waals surface area contributed by atoms with E-state index >= 15 is 0 Å². The first-order valence-electron chi connectivity index (χ1n) is 8.23. The first kappa shape index (κ1) is 17.9. The Morgan fingerprint density at radius 2 is 1.85 bits per heavy atom. The second kappa shape index (κ2) is 8.01. The molecule has 3 N–H and O–H groups in total. The van der Waals surface area contributed by atoms with Gasteiger partial charge in [0.05, 0.1) is 6.54 Å². The lowest BCUT2D eigenvalue weighted by Gasteiger charge is -2.07. The topological polar surface area (TPSA) is 89.3 Å². The minimum absolute atomic E-state index is 0.354. The fraction of sp³-hybridized carbons (Fsp3) is 0.211. The lowest BCUT2D eigenvalue weighted by molar-refractivity contribution is 0.380. The summed E-state index contributed by atoms with van der Waals surface area (Å²) in [5.74, 6) is 1.40. The van der Waals surface area contributed by atoms with Crippen molar-refractivity contribution in [1.82, 2.24) is 10.1 Å². The van der Waals surface area contributed by atoms with Crippen molar-refractivity contribution in [2.24, 2.45) is 10.7 Å². The zero-order chi connectivity index (χ0) is 18.5. The van der Waals surface area contributed by atoms with Crippen LogP contribution in [0.3, 0.4) is 0 Å². The first-order valence-corrected chi connectivity index (χ1v) is 8.61. The number of nitrogens with two attached hydrogens (primary N) is 1. The Balaban J connectivity index is 1.57.